The minimum Gasteiger partial charge on any atom is -0.481 e. The second-order valence-electron chi connectivity index (χ2n) is 7.24. The minimum absolute atomic E-state index is 0.153. The van der Waals surface area contributed by atoms with Crippen LogP contribution in [0.4, 0.5) is 0 Å². The molecule has 13 nitrogen and oxygen atoms in total. The summed E-state index contributed by atoms with van der Waals surface area (Å²) in [5, 5.41) is 15.7. The summed E-state index contributed by atoms with van der Waals surface area (Å²) in [5.41, 5.74) is 5.37. The first-order chi connectivity index (χ1) is 14.8. The minimum atomic E-state index is -4.64. The third kappa shape index (κ3) is 13.5. The first-order valence-corrected chi connectivity index (χ1v) is 11.9. The van der Waals surface area contributed by atoms with E-state index in [0.717, 1.165) is 19.4 Å². The molecule has 0 bridgehead atoms. The zero-order valence-electron chi connectivity index (χ0n) is 18.1. The Bertz CT molecular complexity index is 749. The van der Waals surface area contributed by atoms with Gasteiger partial charge in [0.1, 0.15) is 12.1 Å². The van der Waals surface area contributed by atoms with E-state index in [-0.39, 0.29) is 6.42 Å². The van der Waals surface area contributed by atoms with Crippen LogP contribution in [-0.2, 0) is 29.3 Å². The number of likely N-dealkylation sites (N-methyl/N-ethyl adjacent to an activating group) is 1. The van der Waals surface area contributed by atoms with Crippen LogP contribution in [0.2, 0.25) is 0 Å². The van der Waals surface area contributed by atoms with Gasteiger partial charge < -0.3 is 31.7 Å². The smallest absolute Gasteiger partial charge is 0.303 e. The molecule has 0 aromatic carbocycles. The molecule has 0 aromatic rings. The van der Waals surface area contributed by atoms with Crippen molar-refractivity contribution in [1.29, 1.82) is 0 Å². The highest BCUT2D eigenvalue weighted by atomic mass is 32.3. The van der Waals surface area contributed by atoms with Crippen molar-refractivity contribution in [2.75, 3.05) is 33.2 Å². The summed E-state index contributed by atoms with van der Waals surface area (Å²) in [7, 11) is -2.77. The molecule has 0 aromatic heterocycles. The standard InChI is InChI=1S/C17H33N5O8S2/c1-11(15(26)19-7-9-22(2)8-5-3-4-6-13(24)25)21-12(23)10-20-16(27)14(18)17(31)32(28,29)30/h11,14,17,31H,3-10,18H2,1-2H3,(H,19,26)(H,20,27)(H,21,23)(H,24,25)(H,28,29,30). The number of amides is 3. The van der Waals surface area contributed by atoms with Crippen molar-refractivity contribution in [3.05, 3.63) is 0 Å². The number of rotatable bonds is 16. The van der Waals surface area contributed by atoms with Gasteiger partial charge in [0.2, 0.25) is 17.7 Å². The number of hydrogen-bond acceptors (Lipinski definition) is 9. The van der Waals surface area contributed by atoms with Crippen LogP contribution in [-0.4, -0.2) is 96.6 Å². The van der Waals surface area contributed by atoms with E-state index < -0.39 is 57.0 Å². The number of unbranched alkanes of at least 4 members (excludes halogenated alkanes) is 2. The Labute approximate surface area is 193 Å². The van der Waals surface area contributed by atoms with Gasteiger partial charge in [-0.15, -0.1) is 0 Å². The monoisotopic (exact) mass is 499 g/mol. The molecule has 3 unspecified atom stereocenters. The molecular formula is C17H33N5O8S2. The van der Waals surface area contributed by atoms with Crippen LogP contribution in [0.5, 0.6) is 0 Å². The second-order valence-corrected chi connectivity index (χ2v) is 9.68. The van der Waals surface area contributed by atoms with Crippen molar-refractivity contribution >= 4 is 46.4 Å². The molecule has 0 heterocycles. The van der Waals surface area contributed by atoms with Crippen LogP contribution in [0.15, 0.2) is 0 Å². The predicted octanol–water partition coefficient (Wildman–Crippen LogP) is -2.23. The molecule has 0 aliphatic carbocycles. The van der Waals surface area contributed by atoms with E-state index in [1.165, 1.54) is 6.92 Å². The molecular weight excluding hydrogens is 466 g/mol. The Morgan fingerprint density at radius 3 is 2.25 bits per heavy atom. The lowest BCUT2D eigenvalue weighted by molar-refractivity contribution is -0.137. The van der Waals surface area contributed by atoms with Gasteiger partial charge in [0.25, 0.3) is 10.1 Å². The Balaban J connectivity index is 4.12. The summed E-state index contributed by atoms with van der Waals surface area (Å²) in [4.78, 5) is 48.1. The molecule has 15 heteroatoms. The molecule has 0 aliphatic rings. The molecule has 0 aliphatic heterocycles. The Kier molecular flexibility index (Phi) is 14.1. The maximum Gasteiger partial charge on any atom is 0.303 e. The molecule has 0 fully saturated rings. The van der Waals surface area contributed by atoms with E-state index in [0.29, 0.717) is 19.5 Å². The molecule has 0 rings (SSSR count). The number of carboxylic acid groups (broad SMARTS) is 1. The summed E-state index contributed by atoms with van der Waals surface area (Å²) in [6, 6.07) is -2.58. The van der Waals surface area contributed by atoms with Gasteiger partial charge in [0.05, 0.1) is 6.54 Å². The molecule has 3 amide bonds. The van der Waals surface area contributed by atoms with E-state index in [2.05, 4.69) is 28.6 Å². The molecule has 0 spiro atoms. The Morgan fingerprint density at radius 1 is 1.06 bits per heavy atom. The third-order valence-corrected chi connectivity index (χ3v) is 6.36. The van der Waals surface area contributed by atoms with Gasteiger partial charge in [-0.2, -0.15) is 21.0 Å². The lowest BCUT2D eigenvalue weighted by Gasteiger charge is -2.19. The SMILES string of the molecule is CC(NC(=O)CNC(=O)C(N)C(S)S(=O)(=O)O)C(=O)NCCN(C)CCCCCC(=O)O. The van der Waals surface area contributed by atoms with Crippen molar-refractivity contribution in [2.45, 2.75) is 49.3 Å². The van der Waals surface area contributed by atoms with Crippen molar-refractivity contribution in [1.82, 2.24) is 20.9 Å². The summed E-state index contributed by atoms with van der Waals surface area (Å²) < 4.78 is 28.9. The number of hydrogen-bond donors (Lipinski definition) is 7. The van der Waals surface area contributed by atoms with Gasteiger partial charge in [-0.25, -0.2) is 0 Å². The first-order valence-electron chi connectivity index (χ1n) is 9.90. The second kappa shape index (κ2) is 15.0. The quantitative estimate of drug-likeness (QED) is 0.0690. The van der Waals surface area contributed by atoms with Crippen LogP contribution in [0.3, 0.4) is 0 Å². The molecule has 0 saturated carbocycles. The molecule has 186 valence electrons. The zero-order chi connectivity index (χ0) is 24.9. The summed E-state index contributed by atoms with van der Waals surface area (Å²) >= 11 is 3.55. The van der Waals surface area contributed by atoms with Gasteiger partial charge in [-0.1, -0.05) is 6.42 Å². The van der Waals surface area contributed by atoms with Crippen LogP contribution in [0.25, 0.3) is 0 Å². The van der Waals surface area contributed by atoms with Crippen molar-refractivity contribution in [3.8, 4) is 0 Å². The molecule has 32 heavy (non-hydrogen) atoms. The number of carboxylic acids is 1. The van der Waals surface area contributed by atoms with E-state index >= 15 is 0 Å². The molecule has 0 radical (unpaired) electrons. The largest absolute Gasteiger partial charge is 0.481 e. The number of nitrogens with one attached hydrogen (secondary N) is 3. The highest BCUT2D eigenvalue weighted by Gasteiger charge is 2.31. The Morgan fingerprint density at radius 2 is 1.69 bits per heavy atom. The summed E-state index contributed by atoms with van der Waals surface area (Å²) in [5.74, 6) is -2.95. The molecule has 3 atom stereocenters. The average Bonchev–Trinajstić information content (AvgIpc) is 2.69. The normalized spacial score (nSPS) is 14.3. The van der Waals surface area contributed by atoms with E-state index in [1.807, 2.05) is 11.9 Å². The average molecular weight is 500 g/mol. The van der Waals surface area contributed by atoms with Gasteiger partial charge in [0.15, 0.2) is 4.58 Å². The highest BCUT2D eigenvalue weighted by Crippen LogP contribution is 2.07. The fourth-order valence-corrected chi connectivity index (χ4v) is 3.06. The van der Waals surface area contributed by atoms with E-state index in [9.17, 15) is 27.6 Å². The van der Waals surface area contributed by atoms with Crippen LogP contribution in [0.1, 0.15) is 32.6 Å². The third-order valence-electron chi connectivity index (χ3n) is 4.33. The van der Waals surface area contributed by atoms with Crippen molar-refractivity contribution < 1.29 is 37.3 Å². The van der Waals surface area contributed by atoms with Gasteiger partial charge in [0, 0.05) is 19.5 Å². The fourth-order valence-electron chi connectivity index (χ4n) is 2.43. The fraction of sp³-hybridized carbons (Fsp3) is 0.765. The van der Waals surface area contributed by atoms with Gasteiger partial charge in [-0.05, 0) is 33.4 Å². The summed E-state index contributed by atoms with van der Waals surface area (Å²) in [6.45, 7) is 2.57. The van der Waals surface area contributed by atoms with Gasteiger partial charge in [-0.3, -0.25) is 23.7 Å². The number of carbonyl (C=O) groups excluding carboxylic acids is 3. The first kappa shape index (κ1) is 30.1. The maximum absolute atomic E-state index is 12.1. The number of nitrogens with two attached hydrogens (primary N) is 1. The molecule has 0 saturated heterocycles. The molecule has 7 N–H and O–H groups in total. The number of carbonyl (C=O) groups is 4. The number of aliphatic carboxylic acids is 1. The van der Waals surface area contributed by atoms with Crippen LogP contribution in [0, 0.1) is 0 Å². The van der Waals surface area contributed by atoms with Gasteiger partial charge >= 0.3 is 5.97 Å². The van der Waals surface area contributed by atoms with Crippen LogP contribution < -0.4 is 21.7 Å². The lowest BCUT2D eigenvalue weighted by Crippen LogP contribution is -2.52. The van der Waals surface area contributed by atoms with E-state index in [1.54, 1.807) is 0 Å². The van der Waals surface area contributed by atoms with Crippen molar-refractivity contribution in [2.24, 2.45) is 5.73 Å². The summed E-state index contributed by atoms with van der Waals surface area (Å²) in [6.07, 6.45) is 2.43. The zero-order valence-corrected chi connectivity index (χ0v) is 19.8. The number of nitrogens with zero attached hydrogens (tertiary/aromatic N) is 1. The van der Waals surface area contributed by atoms with Crippen LogP contribution >= 0.6 is 12.6 Å². The topological polar surface area (TPSA) is 208 Å². The number of thiol groups is 1. The predicted molar refractivity (Wildman–Crippen MR) is 120 cm³/mol. The van der Waals surface area contributed by atoms with E-state index in [4.69, 9.17) is 15.4 Å². The van der Waals surface area contributed by atoms with Crippen molar-refractivity contribution in [3.63, 3.8) is 0 Å². The highest BCUT2D eigenvalue weighted by molar-refractivity contribution is 8.01. The Hall–Kier alpha value is -1.94. The lowest BCUT2D eigenvalue weighted by atomic mass is 10.2. The maximum atomic E-state index is 12.1.